The Bertz CT molecular complexity index is 727. The monoisotopic (exact) mass is 400 g/mol. The summed E-state index contributed by atoms with van der Waals surface area (Å²) in [5.41, 5.74) is -2.60. The smallest absolute Gasteiger partial charge is 0.417 e. The summed E-state index contributed by atoms with van der Waals surface area (Å²) in [5.74, 6) is -2.25. The van der Waals surface area contributed by atoms with Crippen molar-refractivity contribution in [2.24, 2.45) is 0 Å². The molecule has 1 aromatic heterocycles. The first-order chi connectivity index (χ1) is 9.20. The van der Waals surface area contributed by atoms with Crippen LogP contribution >= 0.6 is 22.6 Å². The Morgan fingerprint density at radius 1 is 1.30 bits per heavy atom. The highest BCUT2D eigenvalue weighted by molar-refractivity contribution is 14.1. The fourth-order valence-corrected chi connectivity index (χ4v) is 1.79. The topological polar surface area (TPSA) is 66.0 Å². The van der Waals surface area contributed by atoms with Crippen LogP contribution in [0, 0.1) is 9.39 Å². The predicted octanol–water partition coefficient (Wildman–Crippen LogP) is 2.90. The van der Waals surface area contributed by atoms with Crippen LogP contribution in [0.1, 0.15) is 5.56 Å². The van der Waals surface area contributed by atoms with Crippen molar-refractivity contribution in [3.05, 3.63) is 43.5 Å². The average Bonchev–Trinajstić information content (AvgIpc) is 2.34. The second-order valence-corrected chi connectivity index (χ2v) is 4.82. The van der Waals surface area contributed by atoms with E-state index < -0.39 is 40.4 Å². The lowest BCUT2D eigenvalue weighted by atomic mass is 10.1. The highest BCUT2D eigenvalue weighted by Gasteiger charge is 2.35. The molecule has 0 saturated heterocycles. The summed E-state index contributed by atoms with van der Waals surface area (Å²) >= 11 is 1.50. The molecule has 0 bridgehead atoms. The Labute approximate surface area is 122 Å². The zero-order chi connectivity index (χ0) is 15.1. The first-order valence-corrected chi connectivity index (χ1v) is 6.14. The molecule has 106 valence electrons. The normalized spacial score (nSPS) is 11.7. The minimum atomic E-state index is -4.82. The second kappa shape index (κ2) is 5.04. The average molecular weight is 400 g/mol. The van der Waals surface area contributed by atoms with Gasteiger partial charge in [0.2, 0.25) is 5.88 Å². The molecule has 0 unspecified atom stereocenters. The van der Waals surface area contributed by atoms with Gasteiger partial charge in [-0.2, -0.15) is 18.2 Å². The van der Waals surface area contributed by atoms with Crippen LogP contribution in [0.5, 0.6) is 5.88 Å². The Kier molecular flexibility index (Phi) is 3.71. The molecule has 0 saturated carbocycles. The molecule has 9 heteroatoms. The summed E-state index contributed by atoms with van der Waals surface area (Å²) in [5, 5.41) is 9.40. The third-order valence-corrected chi connectivity index (χ3v) is 3.36. The van der Waals surface area contributed by atoms with Gasteiger partial charge in [0.05, 0.1) is 5.56 Å². The van der Waals surface area contributed by atoms with Crippen LogP contribution < -0.4 is 5.56 Å². The Morgan fingerprint density at radius 2 is 1.95 bits per heavy atom. The van der Waals surface area contributed by atoms with E-state index in [9.17, 15) is 27.5 Å². The van der Waals surface area contributed by atoms with E-state index in [0.29, 0.717) is 6.07 Å². The molecule has 2 rings (SSSR count). The number of halogens is 5. The highest BCUT2D eigenvalue weighted by atomic mass is 127. The molecule has 0 spiro atoms. The summed E-state index contributed by atoms with van der Waals surface area (Å²) in [4.78, 5) is 17.0. The maximum atomic E-state index is 13.0. The Hall–Kier alpha value is -1.65. The minimum Gasteiger partial charge on any atom is -0.492 e. The number of aromatic nitrogens is 2. The second-order valence-electron chi connectivity index (χ2n) is 3.74. The lowest BCUT2D eigenvalue weighted by Gasteiger charge is -2.12. The minimum absolute atomic E-state index is 0.151. The van der Waals surface area contributed by atoms with Gasteiger partial charge in [-0.3, -0.25) is 4.79 Å². The van der Waals surface area contributed by atoms with Crippen molar-refractivity contribution < 1.29 is 22.7 Å². The summed E-state index contributed by atoms with van der Waals surface area (Å²) < 4.78 is 51.4. The van der Waals surface area contributed by atoms with Gasteiger partial charge in [0.15, 0.2) is 0 Å². The first kappa shape index (κ1) is 14.8. The van der Waals surface area contributed by atoms with Crippen LogP contribution in [0.15, 0.2) is 23.0 Å². The molecule has 0 atom stereocenters. The van der Waals surface area contributed by atoms with Crippen molar-refractivity contribution in [2.45, 2.75) is 6.18 Å². The van der Waals surface area contributed by atoms with Crippen molar-refractivity contribution in [3.8, 4) is 17.3 Å². The number of hydrogen-bond acceptors (Lipinski definition) is 3. The van der Waals surface area contributed by atoms with Crippen LogP contribution in [0.25, 0.3) is 11.4 Å². The van der Waals surface area contributed by atoms with Gasteiger partial charge in [-0.1, -0.05) is 0 Å². The number of aromatic amines is 1. The third kappa shape index (κ3) is 2.76. The number of rotatable bonds is 1. The number of aromatic hydroxyl groups is 1. The quantitative estimate of drug-likeness (QED) is 0.572. The number of hydrogen-bond donors (Lipinski definition) is 2. The molecule has 20 heavy (non-hydrogen) atoms. The van der Waals surface area contributed by atoms with Crippen LogP contribution in [-0.4, -0.2) is 15.1 Å². The van der Waals surface area contributed by atoms with Crippen LogP contribution in [0.4, 0.5) is 17.6 Å². The lowest BCUT2D eigenvalue weighted by Crippen LogP contribution is -2.15. The molecule has 0 aliphatic heterocycles. The number of nitrogens with zero attached hydrogens (tertiary/aromatic N) is 1. The summed E-state index contributed by atoms with van der Waals surface area (Å²) in [6.07, 6.45) is -4.82. The van der Waals surface area contributed by atoms with E-state index >= 15 is 0 Å². The van der Waals surface area contributed by atoms with Crippen molar-refractivity contribution >= 4 is 22.6 Å². The van der Waals surface area contributed by atoms with Gasteiger partial charge in [0, 0.05) is 5.56 Å². The zero-order valence-corrected chi connectivity index (χ0v) is 11.6. The molecule has 4 nitrogen and oxygen atoms in total. The van der Waals surface area contributed by atoms with Crippen molar-refractivity contribution in [1.29, 1.82) is 0 Å². The number of nitrogens with one attached hydrogen (secondary N) is 1. The fraction of sp³-hybridized carbons (Fsp3) is 0.0909. The van der Waals surface area contributed by atoms with Crippen LogP contribution in [0.3, 0.4) is 0 Å². The standard InChI is InChI=1S/C11H5F4IN2O2/c12-4-1-2-5(6(3-4)11(13,14)15)8-17-9(19)7(16)10(20)18-8/h1-3H,(H2,17,18,19,20). The van der Waals surface area contributed by atoms with Crippen molar-refractivity contribution in [3.63, 3.8) is 0 Å². The molecular formula is C11H5F4IN2O2. The molecular weight excluding hydrogens is 395 g/mol. The van der Waals surface area contributed by atoms with Crippen molar-refractivity contribution in [2.75, 3.05) is 0 Å². The van der Waals surface area contributed by atoms with E-state index in [1.54, 1.807) is 0 Å². The van der Waals surface area contributed by atoms with E-state index in [2.05, 4.69) is 9.97 Å². The Balaban J connectivity index is 2.74. The fourth-order valence-electron chi connectivity index (χ4n) is 1.53. The molecule has 1 heterocycles. The maximum Gasteiger partial charge on any atom is 0.417 e. The summed E-state index contributed by atoms with van der Waals surface area (Å²) in [7, 11) is 0. The van der Waals surface area contributed by atoms with E-state index in [1.165, 1.54) is 22.6 Å². The molecule has 0 fully saturated rings. The third-order valence-electron chi connectivity index (χ3n) is 2.39. The summed E-state index contributed by atoms with van der Waals surface area (Å²) in [6, 6.07) is 1.94. The van der Waals surface area contributed by atoms with Crippen LogP contribution in [-0.2, 0) is 6.18 Å². The van der Waals surface area contributed by atoms with E-state index in [-0.39, 0.29) is 3.57 Å². The molecule has 0 aliphatic carbocycles. The highest BCUT2D eigenvalue weighted by Crippen LogP contribution is 2.36. The molecule has 0 amide bonds. The van der Waals surface area contributed by atoms with Gasteiger partial charge in [-0.25, -0.2) is 4.39 Å². The predicted molar refractivity (Wildman–Crippen MR) is 69.6 cm³/mol. The molecule has 1 aromatic carbocycles. The zero-order valence-electron chi connectivity index (χ0n) is 9.42. The van der Waals surface area contributed by atoms with Crippen molar-refractivity contribution in [1.82, 2.24) is 9.97 Å². The maximum absolute atomic E-state index is 13.0. The molecule has 2 aromatic rings. The van der Waals surface area contributed by atoms with Gasteiger partial charge in [-0.05, 0) is 40.8 Å². The number of H-pyrrole nitrogens is 1. The Morgan fingerprint density at radius 3 is 2.50 bits per heavy atom. The van der Waals surface area contributed by atoms with Gasteiger partial charge in [0.1, 0.15) is 15.2 Å². The van der Waals surface area contributed by atoms with Gasteiger partial charge < -0.3 is 10.1 Å². The number of benzene rings is 1. The number of alkyl halides is 3. The molecule has 0 radical (unpaired) electrons. The van der Waals surface area contributed by atoms with E-state index in [4.69, 9.17) is 0 Å². The van der Waals surface area contributed by atoms with Gasteiger partial charge in [0.25, 0.3) is 5.56 Å². The lowest BCUT2D eigenvalue weighted by molar-refractivity contribution is -0.137. The van der Waals surface area contributed by atoms with Gasteiger partial charge in [-0.15, -0.1) is 0 Å². The van der Waals surface area contributed by atoms with Gasteiger partial charge >= 0.3 is 6.18 Å². The van der Waals surface area contributed by atoms with Crippen LogP contribution in [0.2, 0.25) is 0 Å². The van der Waals surface area contributed by atoms with E-state index in [0.717, 1.165) is 12.1 Å². The summed E-state index contributed by atoms with van der Waals surface area (Å²) in [6.45, 7) is 0. The van der Waals surface area contributed by atoms with E-state index in [1.807, 2.05) is 0 Å². The first-order valence-electron chi connectivity index (χ1n) is 5.06. The molecule has 0 aliphatic rings. The molecule has 2 N–H and O–H groups in total. The largest absolute Gasteiger partial charge is 0.492 e. The SMILES string of the molecule is O=c1[nH]c(-c2ccc(F)cc2C(F)(F)F)nc(O)c1I.